The topological polar surface area (TPSA) is 52.6 Å². The van der Waals surface area contributed by atoms with Gasteiger partial charge in [0.25, 0.3) is 0 Å². The van der Waals surface area contributed by atoms with Crippen molar-refractivity contribution in [1.29, 1.82) is 0 Å². The highest BCUT2D eigenvalue weighted by atomic mass is 19.1. The fourth-order valence-corrected chi connectivity index (χ4v) is 1.77. The highest BCUT2D eigenvalue weighted by molar-refractivity contribution is 5.78. The molecule has 0 aromatic heterocycles. The predicted molar refractivity (Wildman–Crippen MR) is 76.7 cm³/mol. The number of hydrogen-bond acceptors (Lipinski definition) is 3. The molecule has 0 unspecified atom stereocenters. The van der Waals surface area contributed by atoms with Gasteiger partial charge in [0.1, 0.15) is 5.82 Å². The zero-order valence-corrected chi connectivity index (χ0v) is 12.4. The number of hydrogen-bond donors (Lipinski definition) is 2. The standard InChI is InChI=1S/C15H23FN2O2/c1-10(2)18(4)9-14(19)17-11(3)15(20)12-6-5-7-13(16)8-12/h5-8,10-11,15,20H,9H2,1-4H3,(H,17,19)/t11-,15+/m0/s1. The van der Waals surface area contributed by atoms with Gasteiger partial charge >= 0.3 is 0 Å². The molecule has 0 aliphatic rings. The van der Waals surface area contributed by atoms with Gasteiger partial charge < -0.3 is 10.4 Å². The molecule has 5 heteroatoms. The largest absolute Gasteiger partial charge is 0.386 e. The summed E-state index contributed by atoms with van der Waals surface area (Å²) in [6.45, 7) is 5.96. The van der Waals surface area contributed by atoms with Crippen molar-refractivity contribution in [1.82, 2.24) is 10.2 Å². The minimum Gasteiger partial charge on any atom is -0.386 e. The smallest absolute Gasteiger partial charge is 0.234 e. The van der Waals surface area contributed by atoms with Crippen molar-refractivity contribution >= 4 is 5.91 Å². The van der Waals surface area contributed by atoms with E-state index in [1.165, 1.54) is 18.2 Å². The van der Waals surface area contributed by atoms with Crippen LogP contribution in [0.5, 0.6) is 0 Å². The molecule has 0 aliphatic carbocycles. The Balaban J connectivity index is 2.57. The van der Waals surface area contributed by atoms with Gasteiger partial charge in [0.05, 0.1) is 18.7 Å². The van der Waals surface area contributed by atoms with E-state index in [0.717, 1.165) is 0 Å². The lowest BCUT2D eigenvalue weighted by atomic mass is 10.0. The van der Waals surface area contributed by atoms with E-state index in [0.29, 0.717) is 5.56 Å². The number of carbonyl (C=O) groups is 1. The first-order chi connectivity index (χ1) is 9.31. The highest BCUT2D eigenvalue weighted by Crippen LogP contribution is 2.17. The van der Waals surface area contributed by atoms with E-state index in [1.807, 2.05) is 25.8 Å². The first-order valence-corrected chi connectivity index (χ1v) is 6.74. The monoisotopic (exact) mass is 282 g/mol. The van der Waals surface area contributed by atoms with Crippen LogP contribution < -0.4 is 5.32 Å². The third kappa shape index (κ3) is 4.90. The molecule has 0 saturated heterocycles. The maximum Gasteiger partial charge on any atom is 0.234 e. The van der Waals surface area contributed by atoms with Gasteiger partial charge in [-0.3, -0.25) is 9.69 Å². The fraction of sp³-hybridized carbons (Fsp3) is 0.533. The average Bonchev–Trinajstić information content (AvgIpc) is 2.37. The first-order valence-electron chi connectivity index (χ1n) is 6.74. The predicted octanol–water partition coefficient (Wildman–Crippen LogP) is 1.70. The molecule has 20 heavy (non-hydrogen) atoms. The van der Waals surface area contributed by atoms with Crippen molar-refractivity contribution in [3.8, 4) is 0 Å². The van der Waals surface area contributed by atoms with Crippen LogP contribution in [0.15, 0.2) is 24.3 Å². The summed E-state index contributed by atoms with van der Waals surface area (Å²) in [6, 6.07) is 5.55. The molecule has 2 N–H and O–H groups in total. The molecule has 4 nitrogen and oxygen atoms in total. The molecule has 1 aromatic carbocycles. The lowest BCUT2D eigenvalue weighted by Gasteiger charge is -2.24. The number of nitrogens with zero attached hydrogens (tertiary/aromatic N) is 1. The molecule has 0 spiro atoms. The van der Waals surface area contributed by atoms with E-state index in [2.05, 4.69) is 5.32 Å². The SMILES string of the molecule is CC(C)N(C)CC(=O)N[C@@H](C)[C@@H](O)c1cccc(F)c1. The average molecular weight is 282 g/mol. The minimum absolute atomic E-state index is 0.163. The van der Waals surface area contributed by atoms with Crippen molar-refractivity contribution in [2.75, 3.05) is 13.6 Å². The Hall–Kier alpha value is -1.46. The molecule has 0 saturated carbocycles. The summed E-state index contributed by atoms with van der Waals surface area (Å²) < 4.78 is 13.1. The highest BCUT2D eigenvalue weighted by Gasteiger charge is 2.19. The van der Waals surface area contributed by atoms with Crippen LogP contribution in [0, 0.1) is 5.82 Å². The Labute approximate surface area is 119 Å². The lowest BCUT2D eigenvalue weighted by molar-refractivity contribution is -0.123. The van der Waals surface area contributed by atoms with Crippen LogP contribution in [0.2, 0.25) is 0 Å². The van der Waals surface area contributed by atoms with E-state index >= 15 is 0 Å². The summed E-state index contributed by atoms with van der Waals surface area (Å²) >= 11 is 0. The number of amides is 1. The number of halogens is 1. The molecule has 1 rings (SSSR count). The zero-order valence-electron chi connectivity index (χ0n) is 12.4. The molecule has 2 atom stereocenters. The fourth-order valence-electron chi connectivity index (χ4n) is 1.77. The van der Waals surface area contributed by atoms with E-state index in [-0.39, 0.29) is 18.5 Å². The Morgan fingerprint density at radius 2 is 2.05 bits per heavy atom. The molecule has 0 heterocycles. The van der Waals surface area contributed by atoms with Crippen LogP contribution in [-0.4, -0.2) is 41.6 Å². The molecular formula is C15H23FN2O2. The summed E-state index contributed by atoms with van der Waals surface area (Å²) in [7, 11) is 1.86. The molecule has 0 radical (unpaired) electrons. The first kappa shape index (κ1) is 16.6. The van der Waals surface area contributed by atoms with Gasteiger partial charge in [-0.2, -0.15) is 0 Å². The Kier molecular flexibility index (Phi) is 6.10. The second-order valence-electron chi connectivity index (χ2n) is 5.36. The van der Waals surface area contributed by atoms with Crippen LogP contribution >= 0.6 is 0 Å². The Bertz CT molecular complexity index is 451. The second-order valence-corrected chi connectivity index (χ2v) is 5.36. The Morgan fingerprint density at radius 1 is 1.40 bits per heavy atom. The number of benzene rings is 1. The van der Waals surface area contributed by atoms with Crippen molar-refractivity contribution in [2.24, 2.45) is 0 Å². The number of rotatable bonds is 6. The maximum absolute atomic E-state index is 13.1. The minimum atomic E-state index is -0.931. The van der Waals surface area contributed by atoms with Crippen LogP contribution in [-0.2, 0) is 4.79 Å². The summed E-state index contributed by atoms with van der Waals surface area (Å²) in [5, 5.41) is 12.8. The number of carbonyl (C=O) groups excluding carboxylic acids is 1. The summed E-state index contributed by atoms with van der Waals surface area (Å²) in [4.78, 5) is 13.7. The number of aliphatic hydroxyl groups is 1. The number of nitrogens with one attached hydrogen (secondary N) is 1. The van der Waals surface area contributed by atoms with Gasteiger partial charge in [-0.05, 0) is 45.5 Å². The van der Waals surface area contributed by atoms with Crippen molar-refractivity contribution in [3.63, 3.8) is 0 Å². The molecule has 1 aromatic rings. The van der Waals surface area contributed by atoms with E-state index in [1.54, 1.807) is 13.0 Å². The molecule has 0 aliphatic heterocycles. The maximum atomic E-state index is 13.1. The van der Waals surface area contributed by atoms with Gasteiger partial charge in [-0.25, -0.2) is 4.39 Å². The second kappa shape index (κ2) is 7.36. The van der Waals surface area contributed by atoms with E-state index in [9.17, 15) is 14.3 Å². The van der Waals surface area contributed by atoms with Crippen molar-refractivity contribution in [2.45, 2.75) is 39.0 Å². The van der Waals surface area contributed by atoms with Crippen LogP contribution in [0.25, 0.3) is 0 Å². The third-order valence-corrected chi connectivity index (χ3v) is 3.33. The normalized spacial score (nSPS) is 14.4. The van der Waals surface area contributed by atoms with Gasteiger partial charge in [0.15, 0.2) is 0 Å². The summed E-state index contributed by atoms with van der Waals surface area (Å²) in [5.41, 5.74) is 0.454. The Morgan fingerprint density at radius 3 is 2.60 bits per heavy atom. The van der Waals surface area contributed by atoms with Crippen LogP contribution in [0.1, 0.15) is 32.4 Å². The van der Waals surface area contributed by atoms with Gasteiger partial charge in [-0.15, -0.1) is 0 Å². The van der Waals surface area contributed by atoms with Crippen LogP contribution in [0.3, 0.4) is 0 Å². The third-order valence-electron chi connectivity index (χ3n) is 3.33. The molecule has 0 bridgehead atoms. The van der Waals surface area contributed by atoms with Gasteiger partial charge in [-0.1, -0.05) is 12.1 Å². The number of likely N-dealkylation sites (N-methyl/N-ethyl adjacent to an activating group) is 1. The summed E-state index contributed by atoms with van der Waals surface area (Å²) in [6.07, 6.45) is -0.931. The van der Waals surface area contributed by atoms with Crippen molar-refractivity contribution < 1.29 is 14.3 Å². The van der Waals surface area contributed by atoms with E-state index < -0.39 is 18.0 Å². The lowest BCUT2D eigenvalue weighted by Crippen LogP contribution is -2.43. The number of aliphatic hydroxyl groups excluding tert-OH is 1. The molecule has 112 valence electrons. The quantitative estimate of drug-likeness (QED) is 0.835. The summed E-state index contributed by atoms with van der Waals surface area (Å²) in [5.74, 6) is -0.566. The van der Waals surface area contributed by atoms with Crippen LogP contribution in [0.4, 0.5) is 4.39 Å². The zero-order chi connectivity index (χ0) is 15.3. The molecule has 1 amide bonds. The van der Waals surface area contributed by atoms with E-state index in [4.69, 9.17) is 0 Å². The molecular weight excluding hydrogens is 259 g/mol. The van der Waals surface area contributed by atoms with Gasteiger partial charge in [0, 0.05) is 6.04 Å². The van der Waals surface area contributed by atoms with Gasteiger partial charge in [0.2, 0.25) is 5.91 Å². The molecule has 0 fully saturated rings. The van der Waals surface area contributed by atoms with Crippen molar-refractivity contribution in [3.05, 3.63) is 35.6 Å².